The van der Waals surface area contributed by atoms with Gasteiger partial charge in [-0.2, -0.15) is 0 Å². The monoisotopic (exact) mass is 430 g/mol. The van der Waals surface area contributed by atoms with E-state index in [0.717, 1.165) is 26.6 Å². The first-order valence-electron chi connectivity index (χ1n) is 9.41. The first-order chi connectivity index (χ1) is 14.9. The lowest BCUT2D eigenvalue weighted by atomic mass is 10.0. The van der Waals surface area contributed by atoms with Crippen LogP contribution in [0.4, 0.5) is 10.8 Å². The molecule has 0 atom stereocenters. The summed E-state index contributed by atoms with van der Waals surface area (Å²) in [5.41, 5.74) is 3.88. The van der Waals surface area contributed by atoms with Gasteiger partial charge in [0.15, 0.2) is 0 Å². The van der Waals surface area contributed by atoms with Crippen molar-refractivity contribution < 1.29 is 9.72 Å². The zero-order valence-corrected chi connectivity index (χ0v) is 17.4. The van der Waals surface area contributed by atoms with E-state index in [2.05, 4.69) is 4.98 Å². The van der Waals surface area contributed by atoms with Crippen LogP contribution in [0.15, 0.2) is 78.9 Å². The van der Waals surface area contributed by atoms with Gasteiger partial charge in [0.25, 0.3) is 11.6 Å². The highest BCUT2D eigenvalue weighted by Gasteiger charge is 2.20. The number of nitro groups is 1. The zero-order chi connectivity index (χ0) is 22.0. The van der Waals surface area contributed by atoms with Gasteiger partial charge in [-0.25, -0.2) is 15.8 Å². The molecule has 3 aromatic carbocycles. The van der Waals surface area contributed by atoms with Gasteiger partial charge < -0.3 is 0 Å². The van der Waals surface area contributed by atoms with Crippen molar-refractivity contribution >= 4 is 28.1 Å². The van der Waals surface area contributed by atoms with E-state index >= 15 is 0 Å². The minimum atomic E-state index is -0.452. The van der Waals surface area contributed by atoms with Crippen molar-refractivity contribution in [2.45, 2.75) is 6.92 Å². The Morgan fingerprint density at radius 1 is 0.935 bits per heavy atom. The lowest BCUT2D eigenvalue weighted by Crippen LogP contribution is -2.37. The summed E-state index contributed by atoms with van der Waals surface area (Å²) in [6, 6.07) is 23.2. The topological polar surface area (TPSA) is 102 Å². The number of benzene rings is 3. The SMILES string of the molecule is Cc1sc(N(N)C(=O)c2ccc(-c3ccccc3)cc2)nc1-c1ccc([N+](=O)[O-])cc1. The van der Waals surface area contributed by atoms with E-state index in [1.54, 1.807) is 24.3 Å². The minimum Gasteiger partial charge on any atom is -0.267 e. The summed E-state index contributed by atoms with van der Waals surface area (Å²) in [5.74, 6) is 5.71. The van der Waals surface area contributed by atoms with Gasteiger partial charge in [-0.15, -0.1) is 0 Å². The Hall–Kier alpha value is -3.88. The van der Waals surface area contributed by atoms with Crippen molar-refractivity contribution in [3.05, 3.63) is 99.4 Å². The van der Waals surface area contributed by atoms with Gasteiger partial charge in [-0.3, -0.25) is 14.9 Å². The Morgan fingerprint density at radius 3 is 2.13 bits per heavy atom. The summed E-state index contributed by atoms with van der Waals surface area (Å²) in [4.78, 5) is 28.6. The molecule has 0 aliphatic rings. The minimum absolute atomic E-state index is 0.00596. The van der Waals surface area contributed by atoms with Gasteiger partial charge in [0.1, 0.15) is 0 Å². The third kappa shape index (κ3) is 4.20. The molecule has 31 heavy (non-hydrogen) atoms. The number of carbonyl (C=O) groups is 1. The van der Waals surface area contributed by atoms with Gasteiger partial charge >= 0.3 is 0 Å². The molecule has 0 spiro atoms. The highest BCUT2D eigenvalue weighted by atomic mass is 32.1. The van der Waals surface area contributed by atoms with Crippen LogP contribution in [0.5, 0.6) is 0 Å². The molecule has 0 unspecified atom stereocenters. The largest absolute Gasteiger partial charge is 0.274 e. The predicted octanol–water partition coefficient (Wildman–Crippen LogP) is 5.21. The van der Waals surface area contributed by atoms with Crippen LogP contribution >= 0.6 is 11.3 Å². The van der Waals surface area contributed by atoms with Crippen molar-refractivity contribution in [1.82, 2.24) is 4.98 Å². The van der Waals surface area contributed by atoms with E-state index in [4.69, 9.17) is 5.84 Å². The van der Waals surface area contributed by atoms with Gasteiger partial charge in [-0.05, 0) is 42.3 Å². The van der Waals surface area contributed by atoms with Crippen molar-refractivity contribution in [3.8, 4) is 22.4 Å². The van der Waals surface area contributed by atoms with Gasteiger partial charge in [0, 0.05) is 28.1 Å². The predicted molar refractivity (Wildman–Crippen MR) is 122 cm³/mol. The number of aromatic nitrogens is 1. The van der Waals surface area contributed by atoms with E-state index in [1.165, 1.54) is 23.5 Å². The number of hydrazine groups is 1. The summed E-state index contributed by atoms with van der Waals surface area (Å²) in [5, 5.41) is 12.2. The molecule has 1 heterocycles. The van der Waals surface area contributed by atoms with Gasteiger partial charge in [-0.1, -0.05) is 53.8 Å². The number of aryl methyl sites for hydroxylation is 1. The van der Waals surface area contributed by atoms with Crippen LogP contribution in [0.2, 0.25) is 0 Å². The molecular weight excluding hydrogens is 412 g/mol. The second-order valence-corrected chi connectivity index (χ2v) is 8.01. The van der Waals surface area contributed by atoms with Crippen molar-refractivity contribution in [1.29, 1.82) is 0 Å². The molecule has 0 aliphatic carbocycles. The van der Waals surface area contributed by atoms with E-state index in [0.29, 0.717) is 16.4 Å². The Labute approximate surface area is 182 Å². The molecule has 0 bridgehead atoms. The van der Waals surface area contributed by atoms with Gasteiger partial charge in [0.05, 0.1) is 10.6 Å². The first-order valence-corrected chi connectivity index (χ1v) is 10.2. The van der Waals surface area contributed by atoms with Crippen molar-refractivity contribution in [2.24, 2.45) is 5.84 Å². The fourth-order valence-electron chi connectivity index (χ4n) is 3.16. The Morgan fingerprint density at radius 2 is 1.52 bits per heavy atom. The second kappa shape index (κ2) is 8.47. The summed E-state index contributed by atoms with van der Waals surface area (Å²) in [6.45, 7) is 1.87. The summed E-state index contributed by atoms with van der Waals surface area (Å²) < 4.78 is 0. The third-order valence-corrected chi connectivity index (χ3v) is 5.77. The van der Waals surface area contributed by atoms with E-state index < -0.39 is 4.92 Å². The molecular formula is C23H18N4O3S. The molecule has 2 N–H and O–H groups in total. The first kappa shape index (κ1) is 20.4. The van der Waals surface area contributed by atoms with Crippen LogP contribution in [-0.4, -0.2) is 15.8 Å². The number of nitrogens with two attached hydrogens (primary N) is 1. The number of amides is 1. The number of hydrogen-bond acceptors (Lipinski definition) is 6. The lowest BCUT2D eigenvalue weighted by molar-refractivity contribution is -0.384. The molecule has 0 saturated heterocycles. The Kier molecular flexibility index (Phi) is 5.57. The molecule has 4 rings (SSSR count). The van der Waals surface area contributed by atoms with Crippen molar-refractivity contribution in [3.63, 3.8) is 0 Å². The average molecular weight is 430 g/mol. The molecule has 1 amide bonds. The molecule has 0 saturated carbocycles. The molecule has 4 aromatic rings. The van der Waals surface area contributed by atoms with E-state index in [9.17, 15) is 14.9 Å². The number of carbonyl (C=O) groups excluding carboxylic acids is 1. The lowest BCUT2D eigenvalue weighted by Gasteiger charge is -2.13. The van der Waals surface area contributed by atoms with Crippen LogP contribution in [0.3, 0.4) is 0 Å². The highest BCUT2D eigenvalue weighted by Crippen LogP contribution is 2.33. The fraction of sp³-hybridized carbons (Fsp3) is 0.0435. The molecule has 0 aliphatic heterocycles. The number of thiazole rings is 1. The number of hydrogen-bond donors (Lipinski definition) is 1. The Balaban J connectivity index is 1.55. The number of nitro benzene ring substituents is 1. The standard InChI is InChI=1S/C23H18N4O3S/c1-15-21(18-11-13-20(14-12-18)27(29)30)25-23(31-15)26(24)22(28)19-9-7-17(8-10-19)16-5-3-2-4-6-16/h2-14H,24H2,1H3. The van der Waals surface area contributed by atoms with Crippen LogP contribution in [0.25, 0.3) is 22.4 Å². The van der Waals surface area contributed by atoms with E-state index in [-0.39, 0.29) is 11.6 Å². The quantitative estimate of drug-likeness (QED) is 0.203. The molecule has 7 nitrogen and oxygen atoms in total. The highest BCUT2D eigenvalue weighted by molar-refractivity contribution is 7.16. The maximum Gasteiger partial charge on any atom is 0.274 e. The van der Waals surface area contributed by atoms with Crippen LogP contribution in [-0.2, 0) is 0 Å². The summed E-state index contributed by atoms with van der Waals surface area (Å²) in [7, 11) is 0. The molecule has 0 radical (unpaired) electrons. The summed E-state index contributed by atoms with van der Waals surface area (Å²) in [6.07, 6.45) is 0. The summed E-state index contributed by atoms with van der Waals surface area (Å²) >= 11 is 1.29. The average Bonchev–Trinajstić information content (AvgIpc) is 3.20. The van der Waals surface area contributed by atoms with E-state index in [1.807, 2.05) is 49.4 Å². The van der Waals surface area contributed by atoms with Crippen molar-refractivity contribution in [2.75, 3.05) is 5.01 Å². The number of rotatable bonds is 5. The molecule has 154 valence electrons. The molecule has 8 heteroatoms. The van der Waals surface area contributed by atoms with Gasteiger partial charge in [0.2, 0.25) is 5.13 Å². The van der Waals surface area contributed by atoms with Crippen LogP contribution in [0, 0.1) is 17.0 Å². The zero-order valence-electron chi connectivity index (χ0n) is 16.6. The second-order valence-electron chi connectivity index (χ2n) is 6.82. The maximum absolute atomic E-state index is 12.9. The molecule has 1 aromatic heterocycles. The third-order valence-electron chi connectivity index (χ3n) is 4.80. The fourth-order valence-corrected chi connectivity index (χ4v) is 4.01. The number of non-ortho nitro benzene ring substituents is 1. The number of nitrogens with zero attached hydrogens (tertiary/aromatic N) is 3. The molecule has 0 fully saturated rings. The normalized spacial score (nSPS) is 10.6. The van der Waals surface area contributed by atoms with Crippen LogP contribution in [0.1, 0.15) is 15.2 Å². The van der Waals surface area contributed by atoms with Crippen LogP contribution < -0.4 is 10.9 Å². The Bertz CT molecular complexity index is 1240. The maximum atomic E-state index is 12.9. The smallest absolute Gasteiger partial charge is 0.267 e. The number of anilines is 1.